The third-order valence-corrected chi connectivity index (χ3v) is 12.2. The fourth-order valence-electron chi connectivity index (χ4n) is 8.09. The monoisotopic (exact) mass is 938 g/mol. The molecule has 0 aromatic carbocycles. The lowest BCUT2D eigenvalue weighted by Crippen LogP contribution is -2.61. The summed E-state index contributed by atoms with van der Waals surface area (Å²) in [6.45, 7) is 6.78. The largest absolute Gasteiger partial charge is 0.469 e. The van der Waals surface area contributed by atoms with E-state index >= 15 is 0 Å². The van der Waals surface area contributed by atoms with Gasteiger partial charge in [-0.15, -0.1) is 0 Å². The van der Waals surface area contributed by atoms with Gasteiger partial charge in [0.1, 0.15) is 18.1 Å². The summed E-state index contributed by atoms with van der Waals surface area (Å²) in [6.07, 6.45) is 4.50. The minimum atomic E-state index is -2.27. The maximum Gasteiger partial charge on any atom is 0.313 e. The molecule has 18 nitrogen and oxygen atoms in total. The standard InChI is InChI=1S/C48H75NO17/c1-28-18-16-14-12-10-8-6-7-9-11-13-15-17-19-35(65-47-45(59)42(49)44(58)31(4)64-47)25-39-41(46(60)62-5)38(55)27-48(61,66-39)26-34(52)23-37(54)36(53)21-20-32(50)22-33(51)24-40(56)63-30(3)29(2)43(28)57/h6-19,28-39,41-45,47,50-55,57-59,61H,20-27,49H2,1-5H3/b7-6+,10-8+,11-9+,14-12+,15-13+,18-16+,19-17+/t28-,29-,30-,31+,32+,33+,34-,35-,36+,37+,38-,39-,41+,42-,43+,44+,45+,47-,48+/m0/s1. The molecule has 374 valence electrons. The van der Waals surface area contributed by atoms with E-state index in [2.05, 4.69) is 0 Å². The van der Waals surface area contributed by atoms with E-state index < -0.39 is 147 Å². The van der Waals surface area contributed by atoms with Crippen LogP contribution in [0.4, 0.5) is 0 Å². The van der Waals surface area contributed by atoms with Crippen LogP contribution in [-0.4, -0.2) is 168 Å². The van der Waals surface area contributed by atoms with Crippen LogP contribution in [0, 0.1) is 17.8 Å². The van der Waals surface area contributed by atoms with E-state index in [1.165, 1.54) is 0 Å². The van der Waals surface area contributed by atoms with Gasteiger partial charge >= 0.3 is 11.9 Å². The number of fused-ring (bicyclic) bond motifs is 2. The Kier molecular flexibility index (Phi) is 24.3. The average Bonchev–Trinajstić information content (AvgIpc) is 3.24. The number of rotatable bonds is 3. The second-order valence-corrected chi connectivity index (χ2v) is 17.8. The van der Waals surface area contributed by atoms with E-state index in [1.54, 1.807) is 75.5 Å². The highest BCUT2D eigenvalue weighted by Crippen LogP contribution is 2.38. The Balaban J connectivity index is 1.88. The van der Waals surface area contributed by atoms with Crippen LogP contribution in [0.15, 0.2) is 85.1 Å². The second kappa shape index (κ2) is 28.1. The molecule has 18 heteroatoms. The van der Waals surface area contributed by atoms with Crippen LogP contribution < -0.4 is 5.73 Å². The highest BCUT2D eigenvalue weighted by atomic mass is 16.7. The molecule has 0 spiro atoms. The number of esters is 2. The van der Waals surface area contributed by atoms with E-state index in [9.17, 15) is 60.7 Å². The van der Waals surface area contributed by atoms with Gasteiger partial charge in [-0.2, -0.15) is 0 Å². The summed E-state index contributed by atoms with van der Waals surface area (Å²) in [6, 6.07) is -1.13. The molecule has 0 saturated carbocycles. The van der Waals surface area contributed by atoms with Gasteiger partial charge in [0.25, 0.3) is 0 Å². The summed E-state index contributed by atoms with van der Waals surface area (Å²) in [5.41, 5.74) is 6.05. The molecule has 2 fully saturated rings. The minimum Gasteiger partial charge on any atom is -0.469 e. The first-order chi connectivity index (χ1) is 31.2. The van der Waals surface area contributed by atoms with Gasteiger partial charge in [0.15, 0.2) is 12.1 Å². The maximum atomic E-state index is 13.1. The van der Waals surface area contributed by atoms with Crippen LogP contribution in [0.25, 0.3) is 0 Å². The van der Waals surface area contributed by atoms with E-state index in [-0.39, 0.29) is 31.6 Å². The molecule has 2 saturated heterocycles. The zero-order chi connectivity index (χ0) is 49.1. The number of hydrogen-bond donors (Lipinski definition) is 11. The van der Waals surface area contributed by atoms with Crippen molar-refractivity contribution in [3.05, 3.63) is 85.1 Å². The molecule has 12 N–H and O–H groups in total. The van der Waals surface area contributed by atoms with Crippen LogP contribution in [0.3, 0.4) is 0 Å². The first kappa shape index (κ1) is 56.9. The van der Waals surface area contributed by atoms with Crippen molar-refractivity contribution in [3.63, 3.8) is 0 Å². The van der Waals surface area contributed by atoms with Crippen molar-refractivity contribution in [1.82, 2.24) is 0 Å². The molecule has 2 bridgehead atoms. The summed E-state index contributed by atoms with van der Waals surface area (Å²) in [4.78, 5) is 25.7. The van der Waals surface area contributed by atoms with Gasteiger partial charge in [-0.25, -0.2) is 0 Å². The molecule has 0 radical (unpaired) electrons. The lowest BCUT2D eigenvalue weighted by Gasteiger charge is -2.45. The Morgan fingerprint density at radius 3 is 1.83 bits per heavy atom. The molecule has 3 heterocycles. The molecular weight excluding hydrogens is 863 g/mol. The Morgan fingerprint density at radius 2 is 1.24 bits per heavy atom. The Hall–Kier alpha value is -3.44. The summed E-state index contributed by atoms with van der Waals surface area (Å²) < 4.78 is 28.4. The predicted octanol–water partition coefficient (Wildman–Crippen LogP) is 0.800. The second-order valence-electron chi connectivity index (χ2n) is 17.8. The molecule has 0 aromatic rings. The van der Waals surface area contributed by atoms with Crippen molar-refractivity contribution in [2.45, 2.75) is 177 Å². The van der Waals surface area contributed by atoms with Crippen LogP contribution in [-0.2, 0) is 33.3 Å². The van der Waals surface area contributed by atoms with Crippen molar-refractivity contribution >= 4 is 11.9 Å². The predicted molar refractivity (Wildman–Crippen MR) is 241 cm³/mol. The normalized spacial score (nSPS) is 44.9. The summed E-state index contributed by atoms with van der Waals surface area (Å²) in [5.74, 6) is -5.93. The fraction of sp³-hybridized carbons (Fsp3) is 0.667. The lowest BCUT2D eigenvalue weighted by atomic mass is 9.82. The van der Waals surface area contributed by atoms with E-state index in [0.29, 0.717) is 0 Å². The van der Waals surface area contributed by atoms with Gasteiger partial charge in [-0.05, 0) is 33.1 Å². The van der Waals surface area contributed by atoms with Crippen molar-refractivity contribution in [3.8, 4) is 0 Å². The molecule has 0 unspecified atom stereocenters. The SMILES string of the molecule is COC(=O)[C@H]1[C@@H]2C[C@@H](O[C@@H]3O[C@H](C)[C@@H](O)[C@H](N)[C@H]3O)/C=C/C=C/C=C/C=C/C=C/C=C/C=C/[C@H](C)[C@@H](O)[C@@H](C)[C@H](C)OC(=O)C[C@H](O)C[C@H](O)CC[C@@H](O)[C@H](O)C[C@H](O)C[C@](O)(C[C@@H]1O)O2. The van der Waals surface area contributed by atoms with Gasteiger partial charge in [-0.1, -0.05) is 98.9 Å². The number of cyclic esters (lactones) is 1. The van der Waals surface area contributed by atoms with Crippen LogP contribution in [0.2, 0.25) is 0 Å². The third-order valence-electron chi connectivity index (χ3n) is 12.2. The molecule has 66 heavy (non-hydrogen) atoms. The molecule has 19 atom stereocenters. The van der Waals surface area contributed by atoms with Gasteiger partial charge in [-0.3, -0.25) is 9.59 Å². The molecule has 0 amide bonds. The molecule has 3 aliphatic rings. The number of carbonyl (C=O) groups excluding carboxylic acids is 2. The number of methoxy groups -OCH3 is 1. The molecule has 0 aliphatic carbocycles. The van der Waals surface area contributed by atoms with Crippen LogP contribution in [0.5, 0.6) is 0 Å². The van der Waals surface area contributed by atoms with E-state index in [4.69, 9.17) is 29.4 Å². The van der Waals surface area contributed by atoms with Crippen molar-refractivity contribution in [2.75, 3.05) is 7.11 Å². The molecule has 3 aliphatic heterocycles. The fourth-order valence-corrected chi connectivity index (χ4v) is 8.09. The maximum absolute atomic E-state index is 13.1. The van der Waals surface area contributed by atoms with E-state index in [1.807, 2.05) is 37.3 Å². The quantitative estimate of drug-likeness (QED) is 0.174. The Morgan fingerprint density at radius 1 is 0.667 bits per heavy atom. The van der Waals surface area contributed by atoms with Crippen molar-refractivity contribution in [2.24, 2.45) is 23.5 Å². The first-order valence-electron chi connectivity index (χ1n) is 22.7. The number of aliphatic hydroxyl groups is 10. The van der Waals surface area contributed by atoms with Crippen LogP contribution in [0.1, 0.15) is 79.1 Å². The van der Waals surface area contributed by atoms with Gasteiger partial charge in [0.05, 0.1) is 86.7 Å². The number of allylic oxidation sites excluding steroid dienone is 12. The Labute approximate surface area is 387 Å². The van der Waals surface area contributed by atoms with Crippen LogP contribution >= 0.6 is 0 Å². The highest BCUT2D eigenvalue weighted by molar-refractivity contribution is 5.74. The summed E-state index contributed by atoms with van der Waals surface area (Å²) >= 11 is 0. The van der Waals surface area contributed by atoms with Gasteiger partial charge < -0.3 is 80.5 Å². The third kappa shape index (κ3) is 18.6. The number of carbonyl (C=O) groups is 2. The topological polar surface area (TPSA) is 309 Å². The minimum absolute atomic E-state index is 0.0949. The zero-order valence-electron chi connectivity index (χ0n) is 38.5. The molecule has 3 rings (SSSR count). The lowest BCUT2D eigenvalue weighted by molar-refractivity contribution is -0.308. The highest BCUT2D eigenvalue weighted by Gasteiger charge is 2.51. The first-order valence-corrected chi connectivity index (χ1v) is 22.7. The summed E-state index contributed by atoms with van der Waals surface area (Å²) in [5, 5.41) is 109. The molecule has 0 aromatic heterocycles. The number of ether oxygens (including phenoxy) is 5. The molecular formula is C48H75NO17. The van der Waals surface area contributed by atoms with Gasteiger partial charge in [0, 0.05) is 37.5 Å². The average molecular weight is 938 g/mol. The van der Waals surface area contributed by atoms with E-state index in [0.717, 1.165) is 7.11 Å². The number of nitrogens with two attached hydrogens (primary N) is 1. The van der Waals surface area contributed by atoms with Gasteiger partial charge in [0.2, 0.25) is 0 Å². The number of aliphatic hydroxyl groups excluding tert-OH is 9. The van der Waals surface area contributed by atoms with Crippen molar-refractivity contribution < 1.29 is 84.3 Å². The smallest absolute Gasteiger partial charge is 0.313 e. The zero-order valence-corrected chi connectivity index (χ0v) is 38.5. The number of hydrogen-bond acceptors (Lipinski definition) is 18. The Bertz CT molecular complexity index is 1680. The van der Waals surface area contributed by atoms with Crippen molar-refractivity contribution in [1.29, 1.82) is 0 Å². The summed E-state index contributed by atoms with van der Waals surface area (Å²) in [7, 11) is 1.12.